The van der Waals surface area contributed by atoms with E-state index in [0.29, 0.717) is 5.82 Å². The first-order valence-corrected chi connectivity index (χ1v) is 4.10. The van der Waals surface area contributed by atoms with Gasteiger partial charge in [0.25, 0.3) is 0 Å². The van der Waals surface area contributed by atoms with E-state index in [1.807, 2.05) is 36.4 Å². The van der Waals surface area contributed by atoms with Gasteiger partial charge in [-0.25, -0.2) is 0 Å². The molecule has 0 unspecified atom stereocenters. The van der Waals surface area contributed by atoms with Crippen LogP contribution < -0.4 is 11.1 Å². The minimum absolute atomic E-state index is 0.712. The van der Waals surface area contributed by atoms with Crippen LogP contribution in [-0.2, 0) is 0 Å². The highest BCUT2D eigenvalue weighted by Gasteiger charge is 1.89. The lowest BCUT2D eigenvalue weighted by Gasteiger charge is -2.04. The van der Waals surface area contributed by atoms with Crippen LogP contribution in [0.5, 0.6) is 0 Å². The Morgan fingerprint density at radius 2 is 2.08 bits per heavy atom. The first-order chi connectivity index (χ1) is 5.83. The Morgan fingerprint density at radius 3 is 2.67 bits per heavy atom. The number of benzene rings is 1. The first kappa shape index (κ1) is 8.65. The fraction of sp³-hybridized carbons (Fsp3) is 0.200. The zero-order valence-electron chi connectivity index (χ0n) is 7.25. The van der Waals surface area contributed by atoms with Gasteiger partial charge in [0.05, 0.1) is 5.82 Å². The summed E-state index contributed by atoms with van der Waals surface area (Å²) in [6.45, 7) is 2.06. The third-order valence-corrected chi connectivity index (χ3v) is 1.49. The van der Waals surface area contributed by atoms with E-state index in [1.54, 1.807) is 0 Å². The molecule has 0 aliphatic carbocycles. The Bertz CT molecular complexity index is 252. The quantitative estimate of drug-likeness (QED) is 0.715. The van der Waals surface area contributed by atoms with E-state index in [4.69, 9.17) is 5.73 Å². The van der Waals surface area contributed by atoms with Crippen molar-refractivity contribution in [2.24, 2.45) is 5.73 Å². The Morgan fingerprint density at radius 1 is 1.42 bits per heavy atom. The lowest BCUT2D eigenvalue weighted by Crippen LogP contribution is -2.08. The molecule has 1 aromatic rings. The van der Waals surface area contributed by atoms with Gasteiger partial charge >= 0.3 is 0 Å². The lowest BCUT2D eigenvalue weighted by atomic mass is 10.3. The Balaban J connectivity index is 2.58. The second-order valence-corrected chi connectivity index (χ2v) is 2.56. The van der Waals surface area contributed by atoms with E-state index in [9.17, 15) is 0 Å². The van der Waals surface area contributed by atoms with Gasteiger partial charge in [-0.1, -0.05) is 25.1 Å². The summed E-state index contributed by atoms with van der Waals surface area (Å²) in [4.78, 5) is 0. The van der Waals surface area contributed by atoms with Crippen molar-refractivity contribution in [3.8, 4) is 0 Å². The number of nitrogens with one attached hydrogen (secondary N) is 1. The number of allylic oxidation sites excluding steroid dienone is 1. The fourth-order valence-electron chi connectivity index (χ4n) is 0.959. The van der Waals surface area contributed by atoms with Gasteiger partial charge in [0.1, 0.15) is 0 Å². The average Bonchev–Trinajstić information content (AvgIpc) is 2.06. The standard InChI is InChI=1S/C10H14N2/c1-2-6-10(11)12-9-7-4-3-5-8-9/h3-8,12H,2,11H2,1H3/b10-6+. The minimum atomic E-state index is 0.712. The van der Waals surface area contributed by atoms with Crippen molar-refractivity contribution in [1.29, 1.82) is 0 Å². The molecule has 0 spiro atoms. The van der Waals surface area contributed by atoms with Crippen molar-refractivity contribution in [3.05, 3.63) is 42.2 Å². The van der Waals surface area contributed by atoms with Crippen LogP contribution in [0.1, 0.15) is 13.3 Å². The Labute approximate surface area is 73.1 Å². The van der Waals surface area contributed by atoms with Crippen molar-refractivity contribution >= 4 is 5.69 Å². The summed E-state index contributed by atoms with van der Waals surface area (Å²) in [6.07, 6.45) is 2.90. The van der Waals surface area contributed by atoms with E-state index in [0.717, 1.165) is 12.1 Å². The Hall–Kier alpha value is -1.44. The molecule has 1 aromatic carbocycles. The number of hydrogen-bond acceptors (Lipinski definition) is 2. The molecule has 0 saturated carbocycles. The largest absolute Gasteiger partial charge is 0.386 e. The molecule has 0 amide bonds. The van der Waals surface area contributed by atoms with Gasteiger partial charge < -0.3 is 11.1 Å². The first-order valence-electron chi connectivity index (χ1n) is 4.10. The van der Waals surface area contributed by atoms with Crippen LogP contribution in [0.15, 0.2) is 42.2 Å². The van der Waals surface area contributed by atoms with Gasteiger partial charge in [-0.05, 0) is 24.6 Å². The number of anilines is 1. The summed E-state index contributed by atoms with van der Waals surface area (Å²) >= 11 is 0. The van der Waals surface area contributed by atoms with E-state index < -0.39 is 0 Å². The van der Waals surface area contributed by atoms with Crippen molar-refractivity contribution in [2.75, 3.05) is 5.32 Å². The van der Waals surface area contributed by atoms with Crippen molar-refractivity contribution in [3.63, 3.8) is 0 Å². The molecular weight excluding hydrogens is 148 g/mol. The third-order valence-electron chi connectivity index (χ3n) is 1.49. The van der Waals surface area contributed by atoms with Crippen molar-refractivity contribution in [2.45, 2.75) is 13.3 Å². The smallest absolute Gasteiger partial charge is 0.0963 e. The predicted molar refractivity (Wildman–Crippen MR) is 52.6 cm³/mol. The summed E-state index contributed by atoms with van der Waals surface area (Å²) in [5.41, 5.74) is 6.69. The number of hydrogen-bond donors (Lipinski definition) is 2. The summed E-state index contributed by atoms with van der Waals surface area (Å²) in [5, 5.41) is 3.08. The van der Waals surface area contributed by atoms with E-state index in [2.05, 4.69) is 12.2 Å². The zero-order valence-corrected chi connectivity index (χ0v) is 7.25. The maximum atomic E-state index is 5.67. The second kappa shape index (κ2) is 4.44. The fourth-order valence-corrected chi connectivity index (χ4v) is 0.959. The highest BCUT2D eigenvalue weighted by Crippen LogP contribution is 2.06. The lowest BCUT2D eigenvalue weighted by molar-refractivity contribution is 1.16. The van der Waals surface area contributed by atoms with Crippen LogP contribution in [0, 0.1) is 0 Å². The summed E-state index contributed by atoms with van der Waals surface area (Å²) < 4.78 is 0. The highest BCUT2D eigenvalue weighted by atomic mass is 15.0. The summed E-state index contributed by atoms with van der Waals surface area (Å²) in [5.74, 6) is 0.712. The molecular formula is C10H14N2. The number of para-hydroxylation sites is 1. The summed E-state index contributed by atoms with van der Waals surface area (Å²) in [6, 6.07) is 9.89. The van der Waals surface area contributed by atoms with E-state index in [1.165, 1.54) is 0 Å². The molecule has 0 atom stereocenters. The van der Waals surface area contributed by atoms with Gasteiger partial charge in [0.2, 0.25) is 0 Å². The topological polar surface area (TPSA) is 38.0 Å². The zero-order chi connectivity index (χ0) is 8.81. The molecule has 0 bridgehead atoms. The van der Waals surface area contributed by atoms with Gasteiger partial charge in [-0.2, -0.15) is 0 Å². The van der Waals surface area contributed by atoms with Crippen molar-refractivity contribution < 1.29 is 0 Å². The second-order valence-electron chi connectivity index (χ2n) is 2.56. The van der Waals surface area contributed by atoms with Crippen LogP contribution in [0.4, 0.5) is 5.69 Å². The maximum absolute atomic E-state index is 5.67. The number of rotatable bonds is 3. The normalized spacial score (nSPS) is 11.2. The molecule has 0 saturated heterocycles. The van der Waals surface area contributed by atoms with E-state index in [-0.39, 0.29) is 0 Å². The monoisotopic (exact) mass is 162 g/mol. The van der Waals surface area contributed by atoms with Gasteiger partial charge in [-0.15, -0.1) is 0 Å². The van der Waals surface area contributed by atoms with Crippen LogP contribution in [0.25, 0.3) is 0 Å². The molecule has 0 aliphatic rings. The molecule has 0 aromatic heterocycles. The minimum Gasteiger partial charge on any atom is -0.386 e. The average molecular weight is 162 g/mol. The molecule has 0 fully saturated rings. The molecule has 0 aliphatic heterocycles. The van der Waals surface area contributed by atoms with Crippen LogP contribution in [0.3, 0.4) is 0 Å². The van der Waals surface area contributed by atoms with Gasteiger partial charge in [-0.3, -0.25) is 0 Å². The van der Waals surface area contributed by atoms with Gasteiger partial charge in [0, 0.05) is 5.69 Å². The van der Waals surface area contributed by atoms with Gasteiger partial charge in [0.15, 0.2) is 0 Å². The van der Waals surface area contributed by atoms with Crippen molar-refractivity contribution in [1.82, 2.24) is 0 Å². The maximum Gasteiger partial charge on any atom is 0.0963 e. The predicted octanol–water partition coefficient (Wildman–Crippen LogP) is 2.31. The van der Waals surface area contributed by atoms with Crippen LogP contribution in [-0.4, -0.2) is 0 Å². The molecule has 3 N–H and O–H groups in total. The summed E-state index contributed by atoms with van der Waals surface area (Å²) in [7, 11) is 0. The van der Waals surface area contributed by atoms with E-state index >= 15 is 0 Å². The molecule has 0 radical (unpaired) electrons. The molecule has 64 valence electrons. The third kappa shape index (κ3) is 2.66. The van der Waals surface area contributed by atoms with Crippen LogP contribution in [0.2, 0.25) is 0 Å². The molecule has 2 heteroatoms. The number of nitrogens with two attached hydrogens (primary N) is 1. The highest BCUT2D eigenvalue weighted by molar-refractivity contribution is 5.46. The SMILES string of the molecule is CC/C=C(\N)Nc1ccccc1. The molecule has 12 heavy (non-hydrogen) atoms. The molecule has 0 heterocycles. The Kier molecular flexibility index (Phi) is 3.20. The molecule has 2 nitrogen and oxygen atoms in total. The molecule has 1 rings (SSSR count). The van der Waals surface area contributed by atoms with Crippen LogP contribution >= 0.6 is 0 Å².